The van der Waals surface area contributed by atoms with E-state index in [9.17, 15) is 19.2 Å². The van der Waals surface area contributed by atoms with E-state index in [0.29, 0.717) is 48.6 Å². The Kier molecular flexibility index (Phi) is 14.6. The Hall–Kier alpha value is -4.69. The van der Waals surface area contributed by atoms with Crippen LogP contribution in [0.25, 0.3) is 0 Å². The summed E-state index contributed by atoms with van der Waals surface area (Å²) in [7, 11) is -3.59. The van der Waals surface area contributed by atoms with E-state index in [4.69, 9.17) is 29.0 Å². The molecule has 0 bridgehead atoms. The van der Waals surface area contributed by atoms with Crippen molar-refractivity contribution in [3.8, 4) is 0 Å². The predicted molar refractivity (Wildman–Crippen MR) is 199 cm³/mol. The minimum atomic E-state index is -1.79. The van der Waals surface area contributed by atoms with Gasteiger partial charge in [-0.05, 0) is 106 Å². The molecule has 272 valence electrons. The summed E-state index contributed by atoms with van der Waals surface area (Å²) in [6, 6.07) is 10.7. The summed E-state index contributed by atoms with van der Waals surface area (Å²) < 4.78 is 10.9. The van der Waals surface area contributed by atoms with Crippen molar-refractivity contribution in [2.75, 3.05) is 0 Å². The summed E-state index contributed by atoms with van der Waals surface area (Å²) in [5, 5.41) is 1.59. The van der Waals surface area contributed by atoms with Crippen molar-refractivity contribution in [2.45, 2.75) is 83.8 Å². The number of hydrogen-bond donors (Lipinski definition) is 0. The van der Waals surface area contributed by atoms with Crippen LogP contribution in [0.3, 0.4) is 0 Å². The predicted octanol–water partition coefficient (Wildman–Crippen LogP) is 6.73. The summed E-state index contributed by atoms with van der Waals surface area (Å²) >= 11 is 0. The first kappa shape index (κ1) is 39.1. The van der Waals surface area contributed by atoms with Crippen molar-refractivity contribution in [1.29, 1.82) is 0 Å². The van der Waals surface area contributed by atoms with E-state index < -0.39 is 41.8 Å². The summed E-state index contributed by atoms with van der Waals surface area (Å²) in [6.07, 6.45) is 4.73. The molecule has 0 spiro atoms. The number of benzene rings is 2. The molecule has 2 aromatic rings. The zero-order chi connectivity index (χ0) is 36.9. The number of aryl methyl sites for hydroxylation is 2. The molecule has 4 rings (SSSR count). The van der Waals surface area contributed by atoms with Crippen LogP contribution in [0.5, 0.6) is 0 Å². The molecule has 12 heteroatoms. The van der Waals surface area contributed by atoms with Crippen molar-refractivity contribution in [3.63, 3.8) is 0 Å². The molecule has 0 saturated heterocycles. The van der Waals surface area contributed by atoms with Gasteiger partial charge in [0, 0.05) is 0 Å². The van der Waals surface area contributed by atoms with Gasteiger partial charge in [-0.1, -0.05) is 58.2 Å². The minimum Gasteiger partial charge on any atom is -0.428 e. The molecule has 2 fully saturated rings. The molecule has 0 aliphatic heterocycles. The zero-order valence-electron chi connectivity index (χ0n) is 29.5. The van der Waals surface area contributed by atoms with E-state index >= 15 is 0 Å². The molecule has 0 heterocycles. The summed E-state index contributed by atoms with van der Waals surface area (Å²) in [6.45, 7) is 19.3. The first-order valence-corrected chi connectivity index (χ1v) is 21.3. The second-order valence-electron chi connectivity index (χ2n) is 13.3. The molecule has 0 unspecified atom stereocenters. The van der Waals surface area contributed by atoms with E-state index in [-0.39, 0.29) is 12.2 Å². The monoisotopic (exact) mass is 732 g/mol. The number of rotatable bonds is 12. The third-order valence-electron chi connectivity index (χ3n) is 9.74. The van der Waals surface area contributed by atoms with Gasteiger partial charge in [0.25, 0.3) is 0 Å². The van der Waals surface area contributed by atoms with Crippen LogP contribution in [0.15, 0.2) is 85.5 Å². The van der Waals surface area contributed by atoms with Crippen molar-refractivity contribution in [2.24, 2.45) is 11.8 Å². The van der Waals surface area contributed by atoms with Crippen LogP contribution in [0, 0.1) is 25.7 Å². The molecular formula is C39H48O10Si2. The Morgan fingerprint density at radius 3 is 1.27 bits per heavy atom. The summed E-state index contributed by atoms with van der Waals surface area (Å²) in [5.41, 5.74) is 9.81. The number of carbonyl (C=O) groups excluding carboxylic acids is 4. The molecule has 2 aromatic carbocycles. The highest BCUT2D eigenvalue weighted by Crippen LogP contribution is 2.37. The lowest BCUT2D eigenvalue weighted by atomic mass is 9.76. The number of hydrogen-bond acceptors (Lipinski definition) is 10. The molecule has 0 N–H and O–H groups in total. The largest absolute Gasteiger partial charge is 0.550 e. The second kappa shape index (κ2) is 19.1. The minimum absolute atomic E-state index is 0.310. The van der Waals surface area contributed by atoms with Gasteiger partial charge in [0.15, 0.2) is 0 Å². The van der Waals surface area contributed by atoms with Gasteiger partial charge in [-0.3, -0.25) is 0 Å². The number of ether oxygens (including phenoxy) is 2. The van der Waals surface area contributed by atoms with Crippen molar-refractivity contribution >= 4 is 52.2 Å². The van der Waals surface area contributed by atoms with Crippen LogP contribution >= 0.6 is 0 Å². The van der Waals surface area contributed by atoms with Crippen LogP contribution in [-0.2, 0) is 29.0 Å². The maximum atomic E-state index is 12.7. The van der Waals surface area contributed by atoms with Gasteiger partial charge in [-0.15, -0.1) is 26.3 Å². The molecular weight excluding hydrogens is 685 g/mol. The van der Waals surface area contributed by atoms with Crippen LogP contribution < -0.4 is 10.4 Å². The Morgan fingerprint density at radius 2 is 0.941 bits per heavy atom. The fourth-order valence-corrected chi connectivity index (χ4v) is 10.4. The average molecular weight is 733 g/mol. The SMILES string of the molecule is C=C[SiH](C=C)c1cc(C)ccc1C(=O)OOC(=O)OC1CCC(CC2CCC(OC(=O)OOC(=O)c3ccc(C)cc3[SiH](C=C)C=C)CC2)CC1. The third kappa shape index (κ3) is 11.2. The Labute approximate surface area is 303 Å². The highest BCUT2D eigenvalue weighted by Gasteiger charge is 2.31. The van der Waals surface area contributed by atoms with Gasteiger partial charge >= 0.3 is 24.2 Å². The highest BCUT2D eigenvalue weighted by molar-refractivity contribution is 6.83. The highest BCUT2D eigenvalue weighted by atomic mass is 28.3. The van der Waals surface area contributed by atoms with E-state index in [2.05, 4.69) is 26.3 Å². The molecule has 0 radical (unpaired) electrons. The smallest absolute Gasteiger partial charge is 0.428 e. The van der Waals surface area contributed by atoms with Gasteiger partial charge in [0.1, 0.15) is 29.8 Å². The lowest BCUT2D eigenvalue weighted by Gasteiger charge is -2.33. The van der Waals surface area contributed by atoms with Gasteiger partial charge in [0.05, 0.1) is 11.1 Å². The summed E-state index contributed by atoms with van der Waals surface area (Å²) in [5.74, 6) is -0.554. The van der Waals surface area contributed by atoms with E-state index in [0.717, 1.165) is 53.6 Å². The van der Waals surface area contributed by atoms with Crippen LogP contribution in [0.1, 0.15) is 89.6 Å². The van der Waals surface area contributed by atoms with Gasteiger partial charge < -0.3 is 9.47 Å². The van der Waals surface area contributed by atoms with Crippen molar-refractivity contribution < 1.29 is 48.2 Å². The first-order valence-electron chi connectivity index (χ1n) is 17.4. The van der Waals surface area contributed by atoms with Gasteiger partial charge in [-0.25, -0.2) is 29.1 Å². The third-order valence-corrected chi connectivity index (χ3v) is 14.2. The Balaban J connectivity index is 1.12. The lowest BCUT2D eigenvalue weighted by molar-refractivity contribution is -0.208. The van der Waals surface area contributed by atoms with Crippen LogP contribution in [-0.4, -0.2) is 54.1 Å². The van der Waals surface area contributed by atoms with Crippen molar-refractivity contribution in [1.82, 2.24) is 0 Å². The molecule has 0 aromatic heterocycles. The first-order chi connectivity index (χ1) is 24.5. The van der Waals surface area contributed by atoms with Gasteiger partial charge in [0.2, 0.25) is 0 Å². The topological polar surface area (TPSA) is 124 Å². The standard InChI is InChI=1S/C39H48O10Si2/c1-7-50(8-2)34-23-26(5)11-21-32(34)36(40)46-48-38(42)44-30-17-13-28(14-18-30)25-29-15-19-31(20-16-29)45-39(43)49-47-37(41)33-22-12-27(6)24-35(33)51(9-3)10-4/h7-12,21-24,28-31,50-51H,1-4,13-20,25H2,5-6H3. The van der Waals surface area contributed by atoms with E-state index in [1.807, 2.05) is 26.0 Å². The molecule has 51 heavy (non-hydrogen) atoms. The maximum absolute atomic E-state index is 12.7. The molecule has 10 nitrogen and oxygen atoms in total. The van der Waals surface area contributed by atoms with E-state index in [1.54, 1.807) is 47.1 Å². The van der Waals surface area contributed by atoms with Crippen LogP contribution in [0.2, 0.25) is 0 Å². The second-order valence-corrected chi connectivity index (χ2v) is 18.6. The number of carbonyl (C=O) groups is 4. The molecule has 0 amide bonds. The molecule has 0 atom stereocenters. The Morgan fingerprint density at radius 1 is 0.588 bits per heavy atom. The average Bonchev–Trinajstić information content (AvgIpc) is 3.12. The molecule has 2 aliphatic rings. The normalized spacial score (nSPS) is 20.0. The van der Waals surface area contributed by atoms with E-state index in [1.165, 1.54) is 0 Å². The zero-order valence-corrected chi connectivity index (χ0v) is 31.8. The van der Waals surface area contributed by atoms with Crippen molar-refractivity contribution in [3.05, 3.63) is 108 Å². The maximum Gasteiger partial charge on any atom is 0.550 e. The lowest BCUT2D eigenvalue weighted by Crippen LogP contribution is -2.33. The van der Waals surface area contributed by atoms with Crippen LogP contribution in [0.4, 0.5) is 9.59 Å². The molecule has 2 saturated carbocycles. The fourth-order valence-electron chi connectivity index (χ4n) is 6.98. The van der Waals surface area contributed by atoms with Gasteiger partial charge in [-0.2, -0.15) is 9.59 Å². The Bertz CT molecular complexity index is 1470. The molecule has 2 aliphatic carbocycles. The quantitative estimate of drug-likeness (QED) is 0.100. The fraction of sp³-hybridized carbons (Fsp3) is 0.385. The summed E-state index contributed by atoms with van der Waals surface area (Å²) in [4.78, 5) is 69.2.